The van der Waals surface area contributed by atoms with Crippen LogP contribution in [0.2, 0.25) is 0 Å². The summed E-state index contributed by atoms with van der Waals surface area (Å²) in [5.41, 5.74) is 0. The maximum Gasteiger partial charge on any atom is 0.220 e. The van der Waals surface area contributed by atoms with Gasteiger partial charge in [0.05, 0.1) is 0 Å². The number of carbonyl (C=O) groups is 1. The first kappa shape index (κ1) is 10.5. The van der Waals surface area contributed by atoms with Crippen molar-refractivity contribution in [2.75, 3.05) is 0 Å². The van der Waals surface area contributed by atoms with E-state index in [-0.39, 0.29) is 13.4 Å². The molecule has 1 N–H and O–H groups in total. The standard InChI is InChI=1S/C9H19NO.H2/c1-7(2)5-6-9(11)10-8(3)4;/h7-8H,5-6H2,1-4H3,(H,10,11);1H. The van der Waals surface area contributed by atoms with Crippen molar-refractivity contribution in [1.82, 2.24) is 5.32 Å². The zero-order chi connectivity index (χ0) is 8.85. The van der Waals surface area contributed by atoms with Gasteiger partial charge in [0.2, 0.25) is 5.91 Å². The minimum atomic E-state index is 0. The van der Waals surface area contributed by atoms with Gasteiger partial charge in [0, 0.05) is 13.9 Å². The molecule has 2 nitrogen and oxygen atoms in total. The molecule has 0 radical (unpaired) electrons. The average molecular weight is 159 g/mol. The van der Waals surface area contributed by atoms with Crippen LogP contribution in [-0.4, -0.2) is 11.9 Å². The second-order valence-electron chi connectivity index (χ2n) is 3.65. The SMILES string of the molecule is CC(C)CCC(=O)NC(C)C.[HH]. The summed E-state index contributed by atoms with van der Waals surface area (Å²) in [6.07, 6.45) is 1.65. The monoisotopic (exact) mass is 159 g/mol. The lowest BCUT2D eigenvalue weighted by molar-refractivity contribution is -0.121. The summed E-state index contributed by atoms with van der Waals surface area (Å²) in [7, 11) is 0. The van der Waals surface area contributed by atoms with Crippen molar-refractivity contribution in [3.63, 3.8) is 0 Å². The first-order chi connectivity index (χ1) is 5.02. The lowest BCUT2D eigenvalue weighted by Gasteiger charge is -2.08. The Kier molecular flexibility index (Phi) is 4.92. The Morgan fingerprint density at radius 3 is 2.27 bits per heavy atom. The van der Waals surface area contributed by atoms with Gasteiger partial charge in [0.25, 0.3) is 0 Å². The number of hydrogen-bond donors (Lipinski definition) is 1. The van der Waals surface area contributed by atoms with Gasteiger partial charge < -0.3 is 5.32 Å². The molecular weight excluding hydrogens is 138 g/mol. The predicted molar refractivity (Wildman–Crippen MR) is 49.5 cm³/mol. The van der Waals surface area contributed by atoms with E-state index in [0.29, 0.717) is 12.3 Å². The summed E-state index contributed by atoms with van der Waals surface area (Å²) in [5, 5.41) is 2.86. The van der Waals surface area contributed by atoms with E-state index in [1.807, 2.05) is 13.8 Å². The molecule has 0 aromatic rings. The number of amides is 1. The van der Waals surface area contributed by atoms with E-state index in [1.54, 1.807) is 0 Å². The van der Waals surface area contributed by atoms with Crippen LogP contribution in [0.5, 0.6) is 0 Å². The van der Waals surface area contributed by atoms with Crippen molar-refractivity contribution in [2.24, 2.45) is 5.92 Å². The third-order valence-electron chi connectivity index (χ3n) is 1.40. The molecule has 68 valence electrons. The van der Waals surface area contributed by atoms with Crippen LogP contribution in [0, 0.1) is 5.92 Å². The molecule has 0 heterocycles. The fourth-order valence-electron chi connectivity index (χ4n) is 0.814. The summed E-state index contributed by atoms with van der Waals surface area (Å²) in [6, 6.07) is 0.273. The molecule has 0 saturated heterocycles. The van der Waals surface area contributed by atoms with Gasteiger partial charge in [-0.3, -0.25) is 4.79 Å². The van der Waals surface area contributed by atoms with E-state index < -0.39 is 0 Å². The molecule has 0 aromatic carbocycles. The summed E-state index contributed by atoms with van der Waals surface area (Å²) >= 11 is 0. The Bertz CT molecular complexity index is 124. The highest BCUT2D eigenvalue weighted by atomic mass is 16.1. The van der Waals surface area contributed by atoms with Crippen LogP contribution < -0.4 is 5.32 Å². The first-order valence-electron chi connectivity index (χ1n) is 4.31. The van der Waals surface area contributed by atoms with E-state index >= 15 is 0 Å². The topological polar surface area (TPSA) is 29.1 Å². The average Bonchev–Trinajstić information content (AvgIpc) is 1.82. The van der Waals surface area contributed by atoms with Crippen LogP contribution in [0.25, 0.3) is 0 Å². The van der Waals surface area contributed by atoms with Gasteiger partial charge >= 0.3 is 0 Å². The van der Waals surface area contributed by atoms with Crippen LogP contribution in [-0.2, 0) is 4.79 Å². The van der Waals surface area contributed by atoms with Crippen LogP contribution >= 0.6 is 0 Å². The molecule has 0 bridgehead atoms. The van der Waals surface area contributed by atoms with Gasteiger partial charge in [-0.1, -0.05) is 13.8 Å². The molecule has 0 aliphatic carbocycles. The summed E-state index contributed by atoms with van der Waals surface area (Å²) in [4.78, 5) is 11.0. The van der Waals surface area contributed by atoms with Crippen molar-refractivity contribution in [3.8, 4) is 0 Å². The Morgan fingerprint density at radius 1 is 1.36 bits per heavy atom. The number of rotatable bonds is 4. The zero-order valence-corrected chi connectivity index (χ0v) is 7.98. The van der Waals surface area contributed by atoms with Crippen LogP contribution in [0.1, 0.15) is 42.0 Å². The van der Waals surface area contributed by atoms with E-state index in [0.717, 1.165) is 6.42 Å². The lowest BCUT2D eigenvalue weighted by Crippen LogP contribution is -2.29. The fraction of sp³-hybridized carbons (Fsp3) is 0.889. The Hall–Kier alpha value is -0.530. The summed E-state index contributed by atoms with van der Waals surface area (Å²) in [6.45, 7) is 8.21. The largest absolute Gasteiger partial charge is 0.354 e. The quantitative estimate of drug-likeness (QED) is 0.669. The van der Waals surface area contributed by atoms with Gasteiger partial charge in [-0.2, -0.15) is 0 Å². The van der Waals surface area contributed by atoms with Crippen LogP contribution in [0.4, 0.5) is 0 Å². The molecule has 2 heteroatoms. The summed E-state index contributed by atoms with van der Waals surface area (Å²) in [5.74, 6) is 0.793. The van der Waals surface area contributed by atoms with Crippen molar-refractivity contribution in [1.29, 1.82) is 0 Å². The summed E-state index contributed by atoms with van der Waals surface area (Å²) < 4.78 is 0. The van der Waals surface area contributed by atoms with Gasteiger partial charge in [-0.25, -0.2) is 0 Å². The molecule has 0 saturated carbocycles. The highest BCUT2D eigenvalue weighted by Gasteiger charge is 2.03. The molecule has 0 unspecified atom stereocenters. The Labute approximate surface area is 70.9 Å². The minimum Gasteiger partial charge on any atom is -0.354 e. The molecule has 0 aliphatic rings. The number of hydrogen-bond acceptors (Lipinski definition) is 1. The zero-order valence-electron chi connectivity index (χ0n) is 7.98. The lowest BCUT2D eigenvalue weighted by atomic mass is 10.1. The minimum absolute atomic E-state index is 0. The molecule has 0 aliphatic heterocycles. The molecular formula is C9H21NO. The Balaban J connectivity index is 0. The third kappa shape index (κ3) is 7.37. The predicted octanol–water partition coefficient (Wildman–Crippen LogP) is 2.19. The van der Waals surface area contributed by atoms with E-state index in [4.69, 9.17) is 0 Å². The molecule has 1 amide bonds. The van der Waals surface area contributed by atoms with Crippen molar-refractivity contribution in [2.45, 2.75) is 46.6 Å². The highest BCUT2D eigenvalue weighted by molar-refractivity contribution is 5.76. The van der Waals surface area contributed by atoms with Crippen LogP contribution in [0.3, 0.4) is 0 Å². The van der Waals surface area contributed by atoms with Crippen molar-refractivity contribution < 1.29 is 6.22 Å². The third-order valence-corrected chi connectivity index (χ3v) is 1.40. The number of carbonyl (C=O) groups excluding carboxylic acids is 1. The fourth-order valence-corrected chi connectivity index (χ4v) is 0.814. The van der Waals surface area contributed by atoms with Gasteiger partial charge in [-0.05, 0) is 26.2 Å². The smallest absolute Gasteiger partial charge is 0.220 e. The maximum atomic E-state index is 11.0. The van der Waals surface area contributed by atoms with E-state index in [1.165, 1.54) is 0 Å². The van der Waals surface area contributed by atoms with Crippen molar-refractivity contribution in [3.05, 3.63) is 0 Å². The van der Waals surface area contributed by atoms with Crippen molar-refractivity contribution >= 4 is 5.91 Å². The van der Waals surface area contributed by atoms with Gasteiger partial charge in [0.15, 0.2) is 0 Å². The maximum absolute atomic E-state index is 11.0. The van der Waals surface area contributed by atoms with Gasteiger partial charge in [0.1, 0.15) is 0 Å². The molecule has 0 spiro atoms. The molecule has 11 heavy (non-hydrogen) atoms. The second kappa shape index (κ2) is 5.16. The van der Waals surface area contributed by atoms with E-state index in [2.05, 4.69) is 19.2 Å². The first-order valence-corrected chi connectivity index (χ1v) is 4.31. The normalized spacial score (nSPS) is 10.7. The van der Waals surface area contributed by atoms with E-state index in [9.17, 15) is 4.79 Å². The molecule has 0 fully saturated rings. The highest BCUT2D eigenvalue weighted by Crippen LogP contribution is 2.02. The molecule has 0 rings (SSSR count). The number of nitrogens with one attached hydrogen (secondary N) is 1. The molecule has 0 aromatic heterocycles. The Morgan fingerprint density at radius 2 is 1.91 bits per heavy atom. The van der Waals surface area contributed by atoms with Gasteiger partial charge in [-0.15, -0.1) is 0 Å². The second-order valence-corrected chi connectivity index (χ2v) is 3.65. The molecule has 0 atom stereocenters. The van der Waals surface area contributed by atoms with Crippen LogP contribution in [0.15, 0.2) is 0 Å².